The molecule has 0 radical (unpaired) electrons. The molecule has 2 aromatic rings. The van der Waals surface area contributed by atoms with Crippen LogP contribution in [0.3, 0.4) is 0 Å². The Balaban J connectivity index is 2.01. The highest BCUT2D eigenvalue weighted by molar-refractivity contribution is 6.30. The van der Waals surface area contributed by atoms with Crippen molar-refractivity contribution in [3.63, 3.8) is 0 Å². The molecule has 0 amide bonds. The van der Waals surface area contributed by atoms with Crippen LogP contribution < -0.4 is 10.1 Å². The molecule has 0 spiro atoms. The molecule has 20 heavy (non-hydrogen) atoms. The molecule has 106 valence electrons. The van der Waals surface area contributed by atoms with E-state index in [1.165, 1.54) is 12.1 Å². The molecule has 2 rings (SSSR count). The Hall–Kier alpha value is -1.65. The highest BCUT2D eigenvalue weighted by atomic mass is 35.5. The fourth-order valence-electron chi connectivity index (χ4n) is 1.66. The molecule has 0 bridgehead atoms. The van der Waals surface area contributed by atoms with Crippen LogP contribution >= 0.6 is 11.6 Å². The summed E-state index contributed by atoms with van der Waals surface area (Å²) in [4.78, 5) is 4.15. The van der Waals surface area contributed by atoms with Crippen LogP contribution in [0.2, 0.25) is 5.02 Å². The van der Waals surface area contributed by atoms with Crippen molar-refractivity contribution < 1.29 is 9.13 Å². The van der Waals surface area contributed by atoms with Gasteiger partial charge in [-0.05, 0) is 30.7 Å². The van der Waals surface area contributed by atoms with Gasteiger partial charge in [-0.3, -0.25) is 0 Å². The molecule has 3 nitrogen and oxygen atoms in total. The maximum absolute atomic E-state index is 13.7. The molecule has 1 aromatic carbocycles. The van der Waals surface area contributed by atoms with Crippen LogP contribution in [-0.2, 0) is 6.54 Å². The van der Waals surface area contributed by atoms with Gasteiger partial charge in [0.25, 0.3) is 0 Å². The average Bonchev–Trinajstić information content (AvgIpc) is 2.46. The second-order valence-electron chi connectivity index (χ2n) is 4.34. The fourth-order valence-corrected chi connectivity index (χ4v) is 1.83. The van der Waals surface area contributed by atoms with E-state index in [-0.39, 0.29) is 10.8 Å². The molecular formula is C15H16ClFN2O. The van der Waals surface area contributed by atoms with Crippen LogP contribution in [0.4, 0.5) is 4.39 Å². The lowest BCUT2D eigenvalue weighted by Crippen LogP contribution is -2.13. The maximum Gasteiger partial charge on any atom is 0.219 e. The second kappa shape index (κ2) is 7.22. The summed E-state index contributed by atoms with van der Waals surface area (Å²) < 4.78 is 19.1. The molecule has 0 unspecified atom stereocenters. The number of hydrogen-bond donors (Lipinski definition) is 1. The summed E-state index contributed by atoms with van der Waals surface area (Å²) >= 11 is 5.69. The smallest absolute Gasteiger partial charge is 0.219 e. The third-order valence-corrected chi connectivity index (χ3v) is 2.98. The van der Waals surface area contributed by atoms with Gasteiger partial charge in [0.1, 0.15) is 0 Å². The van der Waals surface area contributed by atoms with E-state index in [1.807, 2.05) is 6.07 Å². The van der Waals surface area contributed by atoms with Crippen LogP contribution in [0, 0.1) is 5.82 Å². The van der Waals surface area contributed by atoms with Gasteiger partial charge in [-0.25, -0.2) is 9.37 Å². The molecule has 1 N–H and O–H groups in total. The fraction of sp³-hybridized carbons (Fsp3) is 0.267. The molecular weight excluding hydrogens is 279 g/mol. The predicted molar refractivity (Wildman–Crippen MR) is 77.7 cm³/mol. The summed E-state index contributed by atoms with van der Waals surface area (Å²) in [6.07, 6.45) is 2.79. The van der Waals surface area contributed by atoms with E-state index < -0.39 is 5.82 Å². The van der Waals surface area contributed by atoms with Crippen molar-refractivity contribution in [1.29, 1.82) is 0 Å². The summed E-state index contributed by atoms with van der Waals surface area (Å²) in [6.45, 7) is 3.83. The Bertz CT molecular complexity index is 560. The van der Waals surface area contributed by atoms with Crippen molar-refractivity contribution >= 4 is 11.6 Å². The van der Waals surface area contributed by atoms with Crippen LogP contribution in [0.25, 0.3) is 0 Å². The molecule has 0 aliphatic heterocycles. The second-order valence-corrected chi connectivity index (χ2v) is 4.74. The number of halogens is 2. The van der Waals surface area contributed by atoms with Crippen LogP contribution in [0.1, 0.15) is 18.9 Å². The largest absolute Gasteiger partial charge is 0.436 e. The predicted octanol–water partition coefficient (Wildman–Crippen LogP) is 4.17. The number of rotatable bonds is 6. The van der Waals surface area contributed by atoms with Crippen LogP contribution in [0.15, 0.2) is 36.5 Å². The average molecular weight is 295 g/mol. The molecule has 0 saturated heterocycles. The third kappa shape index (κ3) is 3.92. The Kier molecular flexibility index (Phi) is 5.32. The first-order valence-electron chi connectivity index (χ1n) is 6.48. The van der Waals surface area contributed by atoms with Gasteiger partial charge < -0.3 is 10.1 Å². The maximum atomic E-state index is 13.7. The number of ether oxygens (including phenoxy) is 1. The normalized spacial score (nSPS) is 10.6. The molecule has 0 aliphatic rings. The van der Waals surface area contributed by atoms with Gasteiger partial charge >= 0.3 is 0 Å². The van der Waals surface area contributed by atoms with Crippen LogP contribution in [0.5, 0.6) is 11.6 Å². The number of aromatic nitrogens is 1. The van der Waals surface area contributed by atoms with Gasteiger partial charge in [0, 0.05) is 18.8 Å². The third-order valence-electron chi connectivity index (χ3n) is 2.68. The van der Waals surface area contributed by atoms with Crippen LogP contribution in [-0.4, -0.2) is 11.5 Å². The lowest BCUT2D eigenvalue weighted by Gasteiger charge is -2.07. The first-order valence-corrected chi connectivity index (χ1v) is 6.86. The molecule has 5 heteroatoms. The van der Waals surface area contributed by atoms with Gasteiger partial charge in [0.2, 0.25) is 5.88 Å². The lowest BCUT2D eigenvalue weighted by atomic mass is 10.3. The topological polar surface area (TPSA) is 34.1 Å². The van der Waals surface area contributed by atoms with Gasteiger partial charge in [-0.15, -0.1) is 0 Å². The summed E-state index contributed by atoms with van der Waals surface area (Å²) in [7, 11) is 0. The van der Waals surface area contributed by atoms with E-state index >= 15 is 0 Å². The Labute approximate surface area is 122 Å². The monoisotopic (exact) mass is 294 g/mol. The van der Waals surface area contributed by atoms with Gasteiger partial charge in [-0.1, -0.05) is 30.7 Å². The zero-order valence-corrected chi connectivity index (χ0v) is 12.0. The highest BCUT2D eigenvalue weighted by Gasteiger charge is 2.08. The molecule has 0 aliphatic carbocycles. The van der Waals surface area contributed by atoms with Crippen molar-refractivity contribution in [3.8, 4) is 11.6 Å². The number of nitrogens with zero attached hydrogens (tertiary/aromatic N) is 1. The number of pyridine rings is 1. The van der Waals surface area contributed by atoms with Crippen molar-refractivity contribution in [2.45, 2.75) is 19.9 Å². The lowest BCUT2D eigenvalue weighted by molar-refractivity contribution is 0.427. The Morgan fingerprint density at radius 2 is 2.15 bits per heavy atom. The van der Waals surface area contributed by atoms with E-state index in [2.05, 4.69) is 17.2 Å². The highest BCUT2D eigenvalue weighted by Crippen LogP contribution is 2.27. The quantitative estimate of drug-likeness (QED) is 0.812. The standard InChI is InChI=1S/C15H16ClFN2O/c1-2-8-18-9-11-6-7-14(19-10-11)20-13-5-3-4-12(16)15(13)17/h3-7,10,18H,2,8-9H2,1H3. The zero-order chi connectivity index (χ0) is 14.4. The molecule has 0 atom stereocenters. The molecule has 1 aromatic heterocycles. The molecule has 0 saturated carbocycles. The van der Waals surface area contributed by atoms with E-state index in [4.69, 9.17) is 16.3 Å². The summed E-state index contributed by atoms with van der Waals surface area (Å²) in [5.74, 6) is -0.170. The zero-order valence-electron chi connectivity index (χ0n) is 11.2. The minimum Gasteiger partial charge on any atom is -0.436 e. The SMILES string of the molecule is CCCNCc1ccc(Oc2cccc(Cl)c2F)nc1. The summed E-state index contributed by atoms with van der Waals surface area (Å²) in [5, 5.41) is 3.31. The van der Waals surface area contributed by atoms with E-state index in [0.29, 0.717) is 5.88 Å². The van der Waals surface area contributed by atoms with E-state index in [9.17, 15) is 4.39 Å². The van der Waals surface area contributed by atoms with Crippen molar-refractivity contribution in [1.82, 2.24) is 10.3 Å². The number of hydrogen-bond acceptors (Lipinski definition) is 3. The van der Waals surface area contributed by atoms with Crippen molar-refractivity contribution in [2.24, 2.45) is 0 Å². The van der Waals surface area contributed by atoms with E-state index in [0.717, 1.165) is 25.1 Å². The minimum absolute atomic E-state index is 0.0304. The van der Waals surface area contributed by atoms with Crippen molar-refractivity contribution in [2.75, 3.05) is 6.54 Å². The summed E-state index contributed by atoms with van der Waals surface area (Å²) in [5.41, 5.74) is 1.05. The Morgan fingerprint density at radius 3 is 2.85 bits per heavy atom. The minimum atomic E-state index is -0.579. The van der Waals surface area contributed by atoms with Gasteiger partial charge in [0.05, 0.1) is 5.02 Å². The molecule has 0 fully saturated rings. The molecule has 1 heterocycles. The first kappa shape index (κ1) is 14.8. The Morgan fingerprint density at radius 1 is 1.30 bits per heavy atom. The number of benzene rings is 1. The van der Waals surface area contributed by atoms with E-state index in [1.54, 1.807) is 18.3 Å². The number of nitrogens with one attached hydrogen (secondary N) is 1. The van der Waals surface area contributed by atoms with Gasteiger partial charge in [-0.2, -0.15) is 0 Å². The van der Waals surface area contributed by atoms with Gasteiger partial charge in [0.15, 0.2) is 11.6 Å². The first-order chi connectivity index (χ1) is 9.70. The van der Waals surface area contributed by atoms with Crippen molar-refractivity contribution in [3.05, 3.63) is 52.9 Å². The summed E-state index contributed by atoms with van der Waals surface area (Å²) in [6, 6.07) is 8.22.